The SMILES string of the molecule is O=[N+]([O-])c1cc([N+](=O)[O-])c([N+](=O)[O-])c([N+](=O)[O-])n1. The summed E-state index contributed by atoms with van der Waals surface area (Å²) in [6, 6.07) is 0.186. The summed E-state index contributed by atoms with van der Waals surface area (Å²) in [4.78, 5) is 39.3. The minimum atomic E-state index is -1.55. The van der Waals surface area contributed by atoms with Crippen molar-refractivity contribution in [3.8, 4) is 0 Å². The van der Waals surface area contributed by atoms with Crippen LogP contribution in [0.2, 0.25) is 0 Å². The number of nitrogens with zero attached hydrogens (tertiary/aromatic N) is 5. The van der Waals surface area contributed by atoms with Gasteiger partial charge in [0.15, 0.2) is 0 Å². The van der Waals surface area contributed by atoms with E-state index in [-0.39, 0.29) is 6.07 Å². The second-order valence-electron chi connectivity index (χ2n) is 2.70. The van der Waals surface area contributed by atoms with Gasteiger partial charge >= 0.3 is 23.0 Å². The third-order valence-corrected chi connectivity index (χ3v) is 1.68. The number of hydrogen-bond donors (Lipinski definition) is 0. The van der Waals surface area contributed by atoms with Crippen LogP contribution in [0.15, 0.2) is 6.07 Å². The molecule has 0 saturated heterocycles. The van der Waals surface area contributed by atoms with E-state index in [0.717, 1.165) is 0 Å². The fourth-order valence-electron chi connectivity index (χ4n) is 1.03. The molecule has 0 radical (unpaired) electrons. The Kier molecular flexibility index (Phi) is 3.08. The lowest BCUT2D eigenvalue weighted by atomic mass is 10.3. The van der Waals surface area contributed by atoms with Gasteiger partial charge in [-0.15, -0.1) is 0 Å². The smallest absolute Gasteiger partial charge is 0.358 e. The van der Waals surface area contributed by atoms with E-state index >= 15 is 0 Å². The van der Waals surface area contributed by atoms with E-state index in [9.17, 15) is 40.5 Å². The van der Waals surface area contributed by atoms with Crippen LogP contribution in [-0.4, -0.2) is 24.7 Å². The van der Waals surface area contributed by atoms with Crippen LogP contribution in [0.1, 0.15) is 0 Å². The van der Waals surface area contributed by atoms with Crippen LogP contribution >= 0.6 is 0 Å². The van der Waals surface area contributed by atoms with Gasteiger partial charge in [-0.25, -0.2) is 0 Å². The van der Waals surface area contributed by atoms with E-state index in [0.29, 0.717) is 0 Å². The average Bonchev–Trinajstić information content (AvgIpc) is 2.26. The van der Waals surface area contributed by atoms with Crippen molar-refractivity contribution < 1.29 is 19.7 Å². The molecule has 0 saturated carbocycles. The van der Waals surface area contributed by atoms with Crippen LogP contribution in [0.5, 0.6) is 0 Å². The van der Waals surface area contributed by atoms with Gasteiger partial charge in [-0.1, -0.05) is 0 Å². The van der Waals surface area contributed by atoms with Crippen molar-refractivity contribution in [2.24, 2.45) is 0 Å². The Bertz CT molecular complexity index is 546. The van der Waals surface area contributed by atoms with E-state index in [4.69, 9.17) is 0 Å². The summed E-state index contributed by atoms with van der Waals surface area (Å²) in [5.74, 6) is -2.78. The molecule has 0 amide bonds. The number of rotatable bonds is 4. The number of nitro groups is 4. The molecule has 0 fully saturated rings. The zero-order chi connectivity index (χ0) is 14.0. The zero-order valence-corrected chi connectivity index (χ0v) is 8.08. The standard InChI is InChI=1S/C5HN5O8/c11-7(12)2-1-3(8(13)14)6-5(10(17)18)4(2)9(15)16/h1H. The molecule has 0 aromatic carbocycles. The van der Waals surface area contributed by atoms with Crippen LogP contribution < -0.4 is 0 Å². The van der Waals surface area contributed by atoms with Crippen molar-refractivity contribution in [1.82, 2.24) is 4.98 Å². The van der Waals surface area contributed by atoms with Gasteiger partial charge < -0.3 is 20.2 Å². The molecule has 0 aliphatic heterocycles. The molecule has 94 valence electrons. The van der Waals surface area contributed by atoms with Crippen molar-refractivity contribution in [3.63, 3.8) is 0 Å². The second kappa shape index (κ2) is 4.32. The van der Waals surface area contributed by atoms with E-state index < -0.39 is 42.7 Å². The molecule has 13 heteroatoms. The Morgan fingerprint density at radius 3 is 1.72 bits per heavy atom. The number of aromatic nitrogens is 1. The van der Waals surface area contributed by atoms with E-state index in [2.05, 4.69) is 4.98 Å². The Hall–Kier alpha value is -3.25. The minimum absolute atomic E-state index is 0.186. The van der Waals surface area contributed by atoms with E-state index in [1.807, 2.05) is 0 Å². The first-order valence-electron chi connectivity index (χ1n) is 3.88. The average molecular weight is 259 g/mol. The van der Waals surface area contributed by atoms with Gasteiger partial charge in [-0.3, -0.25) is 20.2 Å². The van der Waals surface area contributed by atoms with Crippen molar-refractivity contribution in [2.75, 3.05) is 0 Å². The highest BCUT2D eigenvalue weighted by atomic mass is 16.7. The third-order valence-electron chi connectivity index (χ3n) is 1.68. The molecule has 13 nitrogen and oxygen atoms in total. The van der Waals surface area contributed by atoms with Crippen LogP contribution in [0.3, 0.4) is 0 Å². The predicted molar refractivity (Wildman–Crippen MR) is 50.9 cm³/mol. The molecule has 0 aliphatic rings. The normalized spacial score (nSPS) is 9.78. The molecular formula is C5HN5O8. The molecule has 1 aromatic rings. The van der Waals surface area contributed by atoms with Crippen LogP contribution in [0.25, 0.3) is 0 Å². The molecule has 1 aromatic heterocycles. The summed E-state index contributed by atoms with van der Waals surface area (Å²) in [7, 11) is 0. The predicted octanol–water partition coefficient (Wildman–Crippen LogP) is 0.714. The highest BCUT2D eigenvalue weighted by Gasteiger charge is 2.40. The lowest BCUT2D eigenvalue weighted by molar-refractivity contribution is -0.446. The van der Waals surface area contributed by atoms with Crippen LogP contribution in [0, 0.1) is 40.5 Å². The van der Waals surface area contributed by atoms with Gasteiger partial charge in [0, 0.05) is 4.98 Å². The van der Waals surface area contributed by atoms with Crippen molar-refractivity contribution in [3.05, 3.63) is 46.5 Å². The minimum Gasteiger partial charge on any atom is -0.358 e. The summed E-state index contributed by atoms with van der Waals surface area (Å²) >= 11 is 0. The lowest BCUT2D eigenvalue weighted by Gasteiger charge is -1.97. The molecule has 0 aliphatic carbocycles. The van der Waals surface area contributed by atoms with Gasteiger partial charge in [0.1, 0.15) is 6.07 Å². The Morgan fingerprint density at radius 2 is 1.39 bits per heavy atom. The lowest BCUT2D eigenvalue weighted by Crippen LogP contribution is -2.05. The third kappa shape index (κ3) is 2.13. The summed E-state index contributed by atoms with van der Waals surface area (Å²) in [5, 5.41) is 41.9. The largest absolute Gasteiger partial charge is 0.454 e. The Labute approximate surface area is 95.3 Å². The Balaban J connectivity index is 3.76. The van der Waals surface area contributed by atoms with Gasteiger partial charge in [0.05, 0.1) is 9.85 Å². The molecule has 0 atom stereocenters. The maximum Gasteiger partial charge on any atom is 0.454 e. The van der Waals surface area contributed by atoms with Crippen molar-refractivity contribution in [1.29, 1.82) is 0 Å². The molecule has 18 heavy (non-hydrogen) atoms. The highest BCUT2D eigenvalue weighted by molar-refractivity contribution is 5.65. The monoisotopic (exact) mass is 259 g/mol. The summed E-state index contributed by atoms with van der Waals surface area (Å²) in [5.41, 5.74) is -2.87. The second-order valence-corrected chi connectivity index (χ2v) is 2.70. The summed E-state index contributed by atoms with van der Waals surface area (Å²) < 4.78 is 0. The van der Waals surface area contributed by atoms with E-state index in [1.54, 1.807) is 0 Å². The summed E-state index contributed by atoms with van der Waals surface area (Å²) in [6.07, 6.45) is 0. The fraction of sp³-hybridized carbons (Fsp3) is 0. The van der Waals surface area contributed by atoms with Gasteiger partial charge in [-0.2, -0.15) is 0 Å². The fourth-order valence-corrected chi connectivity index (χ4v) is 1.03. The molecule has 0 unspecified atom stereocenters. The number of hydrogen-bond acceptors (Lipinski definition) is 9. The quantitative estimate of drug-likeness (QED) is 0.553. The first-order chi connectivity index (χ1) is 8.25. The molecule has 0 N–H and O–H groups in total. The maximum absolute atomic E-state index is 10.5. The van der Waals surface area contributed by atoms with Crippen LogP contribution in [0.4, 0.5) is 23.0 Å². The summed E-state index contributed by atoms with van der Waals surface area (Å²) in [6.45, 7) is 0. The Morgan fingerprint density at radius 1 is 0.833 bits per heavy atom. The van der Waals surface area contributed by atoms with Crippen LogP contribution in [-0.2, 0) is 0 Å². The topological polar surface area (TPSA) is 185 Å². The molecule has 0 spiro atoms. The maximum atomic E-state index is 10.5. The molecular weight excluding hydrogens is 258 g/mol. The van der Waals surface area contributed by atoms with Crippen molar-refractivity contribution in [2.45, 2.75) is 0 Å². The first kappa shape index (κ1) is 12.8. The van der Waals surface area contributed by atoms with Gasteiger partial charge in [0.2, 0.25) is 0 Å². The number of pyridine rings is 1. The highest BCUT2D eigenvalue weighted by Crippen LogP contribution is 2.36. The van der Waals surface area contributed by atoms with Gasteiger partial charge in [-0.05, 0) is 9.85 Å². The van der Waals surface area contributed by atoms with Crippen molar-refractivity contribution >= 4 is 23.0 Å². The molecule has 1 rings (SSSR count). The molecule has 0 bridgehead atoms. The first-order valence-corrected chi connectivity index (χ1v) is 3.88. The molecule has 1 heterocycles. The van der Waals surface area contributed by atoms with E-state index in [1.165, 1.54) is 0 Å². The zero-order valence-electron chi connectivity index (χ0n) is 8.08. The van der Waals surface area contributed by atoms with Gasteiger partial charge in [0.25, 0.3) is 0 Å².